The van der Waals surface area contributed by atoms with Gasteiger partial charge in [-0.3, -0.25) is 0 Å². The lowest BCUT2D eigenvalue weighted by Gasteiger charge is -2.01. The van der Waals surface area contributed by atoms with Crippen LogP contribution in [0.1, 0.15) is 33.6 Å². The number of aliphatic hydroxyl groups excluding tert-OH is 1. The second-order valence-electron chi connectivity index (χ2n) is 3.56. The van der Waals surface area contributed by atoms with Gasteiger partial charge in [-0.15, -0.1) is 6.58 Å². The molecule has 0 aliphatic heterocycles. The molecule has 74 valence electrons. The zero-order valence-corrected chi connectivity index (χ0v) is 8.88. The van der Waals surface area contributed by atoms with Crippen LogP contribution in [0.4, 0.5) is 0 Å². The molecule has 1 heteroatoms. The molecule has 0 amide bonds. The summed E-state index contributed by atoms with van der Waals surface area (Å²) in [6.07, 6.45) is 7.14. The minimum absolute atomic E-state index is 0.494. The second kappa shape index (κ2) is 6.67. The highest BCUT2D eigenvalue weighted by Gasteiger charge is 1.93. The standard InChI is InChI=1S/C12H20O/c1-5-12(13)9-11(4)8-6-7-10(2)3/h5,7,9,12-13H,1,6,8H2,2-4H3/b11-9+. The summed E-state index contributed by atoms with van der Waals surface area (Å²) >= 11 is 0. The number of hydrogen-bond acceptors (Lipinski definition) is 1. The predicted molar refractivity (Wildman–Crippen MR) is 58.6 cm³/mol. The van der Waals surface area contributed by atoms with Crippen LogP contribution in [0.5, 0.6) is 0 Å². The normalized spacial score (nSPS) is 13.7. The van der Waals surface area contributed by atoms with E-state index in [4.69, 9.17) is 0 Å². The molecule has 1 atom stereocenters. The summed E-state index contributed by atoms with van der Waals surface area (Å²) < 4.78 is 0. The van der Waals surface area contributed by atoms with Gasteiger partial charge in [-0.1, -0.05) is 29.4 Å². The highest BCUT2D eigenvalue weighted by atomic mass is 16.3. The van der Waals surface area contributed by atoms with Gasteiger partial charge in [-0.05, 0) is 33.6 Å². The van der Waals surface area contributed by atoms with Gasteiger partial charge in [0.1, 0.15) is 0 Å². The molecule has 0 saturated carbocycles. The third-order valence-electron chi connectivity index (χ3n) is 1.79. The van der Waals surface area contributed by atoms with Crippen LogP contribution in [0.25, 0.3) is 0 Å². The zero-order chi connectivity index (χ0) is 10.3. The van der Waals surface area contributed by atoms with Crippen LogP contribution in [0, 0.1) is 0 Å². The fraction of sp³-hybridized carbons (Fsp3) is 0.500. The van der Waals surface area contributed by atoms with Gasteiger partial charge in [0.05, 0.1) is 6.10 Å². The Morgan fingerprint density at radius 1 is 1.38 bits per heavy atom. The summed E-state index contributed by atoms with van der Waals surface area (Å²) in [4.78, 5) is 0. The second-order valence-corrected chi connectivity index (χ2v) is 3.56. The average molecular weight is 180 g/mol. The van der Waals surface area contributed by atoms with Crippen LogP contribution in [0.15, 0.2) is 36.0 Å². The number of aliphatic hydroxyl groups is 1. The minimum atomic E-state index is -0.494. The molecule has 0 aromatic rings. The van der Waals surface area contributed by atoms with E-state index in [9.17, 15) is 5.11 Å². The largest absolute Gasteiger partial charge is 0.385 e. The quantitative estimate of drug-likeness (QED) is 0.644. The molecule has 0 saturated heterocycles. The Morgan fingerprint density at radius 2 is 2.00 bits per heavy atom. The molecule has 0 spiro atoms. The molecule has 0 aromatic carbocycles. The van der Waals surface area contributed by atoms with E-state index in [2.05, 4.69) is 26.5 Å². The van der Waals surface area contributed by atoms with Gasteiger partial charge in [-0.25, -0.2) is 0 Å². The van der Waals surface area contributed by atoms with Crippen LogP contribution < -0.4 is 0 Å². The average Bonchev–Trinajstić information content (AvgIpc) is 2.03. The van der Waals surface area contributed by atoms with E-state index >= 15 is 0 Å². The topological polar surface area (TPSA) is 20.2 Å². The van der Waals surface area contributed by atoms with Crippen LogP contribution in [-0.2, 0) is 0 Å². The fourth-order valence-corrected chi connectivity index (χ4v) is 1.03. The first-order chi connectivity index (χ1) is 6.06. The number of hydrogen-bond donors (Lipinski definition) is 1. The Morgan fingerprint density at radius 3 is 2.46 bits per heavy atom. The maximum atomic E-state index is 9.23. The molecular formula is C12H20O. The van der Waals surface area contributed by atoms with Crippen molar-refractivity contribution in [1.29, 1.82) is 0 Å². The van der Waals surface area contributed by atoms with Gasteiger partial charge in [0.2, 0.25) is 0 Å². The van der Waals surface area contributed by atoms with Crippen LogP contribution >= 0.6 is 0 Å². The van der Waals surface area contributed by atoms with Gasteiger partial charge in [-0.2, -0.15) is 0 Å². The first-order valence-corrected chi connectivity index (χ1v) is 4.67. The summed E-state index contributed by atoms with van der Waals surface area (Å²) in [5, 5.41) is 9.23. The van der Waals surface area contributed by atoms with Crippen molar-refractivity contribution in [2.45, 2.75) is 39.7 Å². The van der Waals surface area contributed by atoms with Crippen molar-refractivity contribution in [3.8, 4) is 0 Å². The Balaban J connectivity index is 3.86. The number of rotatable bonds is 5. The summed E-state index contributed by atoms with van der Waals surface area (Å²) in [5.41, 5.74) is 2.56. The van der Waals surface area contributed by atoms with Gasteiger partial charge >= 0.3 is 0 Å². The third kappa shape index (κ3) is 7.54. The summed E-state index contributed by atoms with van der Waals surface area (Å²) in [7, 11) is 0. The lowest BCUT2D eigenvalue weighted by molar-refractivity contribution is 0.271. The van der Waals surface area contributed by atoms with Crippen molar-refractivity contribution >= 4 is 0 Å². The van der Waals surface area contributed by atoms with Crippen molar-refractivity contribution in [3.05, 3.63) is 36.0 Å². The van der Waals surface area contributed by atoms with Gasteiger partial charge < -0.3 is 5.11 Å². The Hall–Kier alpha value is -0.820. The molecule has 0 rings (SSSR count). The first-order valence-electron chi connectivity index (χ1n) is 4.67. The van der Waals surface area contributed by atoms with E-state index in [1.54, 1.807) is 0 Å². The molecule has 0 heterocycles. The van der Waals surface area contributed by atoms with Crippen LogP contribution in [0.3, 0.4) is 0 Å². The first kappa shape index (κ1) is 12.2. The smallest absolute Gasteiger partial charge is 0.0902 e. The van der Waals surface area contributed by atoms with E-state index in [1.165, 1.54) is 17.2 Å². The van der Waals surface area contributed by atoms with Crippen molar-refractivity contribution < 1.29 is 5.11 Å². The Labute approximate surface area is 81.5 Å². The minimum Gasteiger partial charge on any atom is -0.385 e. The Bertz CT molecular complexity index is 207. The molecular weight excluding hydrogens is 160 g/mol. The van der Waals surface area contributed by atoms with Gasteiger partial charge in [0.15, 0.2) is 0 Å². The zero-order valence-electron chi connectivity index (χ0n) is 8.88. The highest BCUT2D eigenvalue weighted by molar-refractivity contribution is 5.08. The SMILES string of the molecule is C=CC(O)/C=C(\C)CCC=C(C)C. The van der Waals surface area contributed by atoms with Crippen molar-refractivity contribution in [3.63, 3.8) is 0 Å². The summed E-state index contributed by atoms with van der Waals surface area (Å²) in [5.74, 6) is 0. The molecule has 0 aliphatic carbocycles. The van der Waals surface area contributed by atoms with Gasteiger partial charge in [0, 0.05) is 0 Å². The molecule has 0 radical (unpaired) electrons. The summed E-state index contributed by atoms with van der Waals surface area (Å²) in [6, 6.07) is 0. The molecule has 1 unspecified atom stereocenters. The molecule has 13 heavy (non-hydrogen) atoms. The van der Waals surface area contributed by atoms with E-state index < -0.39 is 6.10 Å². The molecule has 0 aromatic heterocycles. The highest BCUT2D eigenvalue weighted by Crippen LogP contribution is 2.07. The maximum Gasteiger partial charge on any atom is 0.0902 e. The van der Waals surface area contributed by atoms with E-state index in [-0.39, 0.29) is 0 Å². The van der Waals surface area contributed by atoms with Crippen molar-refractivity contribution in [2.75, 3.05) is 0 Å². The molecule has 0 bridgehead atoms. The monoisotopic (exact) mass is 180 g/mol. The summed E-state index contributed by atoms with van der Waals surface area (Å²) in [6.45, 7) is 9.74. The molecule has 1 N–H and O–H groups in total. The van der Waals surface area contributed by atoms with E-state index in [1.807, 2.05) is 13.0 Å². The van der Waals surface area contributed by atoms with Crippen LogP contribution in [0.2, 0.25) is 0 Å². The van der Waals surface area contributed by atoms with E-state index in [0.717, 1.165) is 12.8 Å². The Kier molecular flexibility index (Phi) is 6.25. The molecule has 1 nitrogen and oxygen atoms in total. The van der Waals surface area contributed by atoms with Crippen LogP contribution in [-0.4, -0.2) is 11.2 Å². The maximum absolute atomic E-state index is 9.23. The number of allylic oxidation sites excluding steroid dienone is 3. The van der Waals surface area contributed by atoms with Crippen molar-refractivity contribution in [2.24, 2.45) is 0 Å². The molecule has 0 fully saturated rings. The third-order valence-corrected chi connectivity index (χ3v) is 1.79. The predicted octanol–water partition coefficient (Wildman–Crippen LogP) is 3.23. The van der Waals surface area contributed by atoms with Gasteiger partial charge in [0.25, 0.3) is 0 Å². The molecule has 0 aliphatic rings. The lowest BCUT2D eigenvalue weighted by atomic mass is 10.1. The van der Waals surface area contributed by atoms with E-state index in [0.29, 0.717) is 0 Å². The lowest BCUT2D eigenvalue weighted by Crippen LogP contribution is -1.96. The fourth-order valence-electron chi connectivity index (χ4n) is 1.03. The van der Waals surface area contributed by atoms with Crippen molar-refractivity contribution in [1.82, 2.24) is 0 Å².